The molecule has 33 heavy (non-hydrogen) atoms. The van der Waals surface area contributed by atoms with Crippen LogP contribution in [0.25, 0.3) is 16.7 Å². The smallest absolute Gasteiger partial charge is 0.333 e. The van der Waals surface area contributed by atoms with Crippen molar-refractivity contribution in [3.8, 4) is 16.9 Å². The molecule has 0 bridgehead atoms. The van der Waals surface area contributed by atoms with E-state index < -0.39 is 12.1 Å². The molecule has 0 amide bonds. The first kappa shape index (κ1) is 24.8. The Morgan fingerprint density at radius 3 is 2.18 bits per heavy atom. The summed E-state index contributed by atoms with van der Waals surface area (Å²) < 4.78 is 11.1. The minimum atomic E-state index is -0.956. The topological polar surface area (TPSA) is 55.8 Å². The third-order valence-corrected chi connectivity index (χ3v) is 5.60. The van der Waals surface area contributed by atoms with Gasteiger partial charge < -0.3 is 14.6 Å². The van der Waals surface area contributed by atoms with Crippen molar-refractivity contribution in [1.82, 2.24) is 0 Å². The van der Waals surface area contributed by atoms with E-state index in [9.17, 15) is 9.90 Å². The minimum Gasteiger partial charge on any atom is -0.490 e. The van der Waals surface area contributed by atoms with Gasteiger partial charge in [0.15, 0.2) is 6.10 Å². The van der Waals surface area contributed by atoms with Gasteiger partial charge in [0.05, 0.1) is 0 Å². The number of ether oxygens (including phenoxy) is 2. The van der Waals surface area contributed by atoms with Gasteiger partial charge in [-0.25, -0.2) is 4.79 Å². The summed E-state index contributed by atoms with van der Waals surface area (Å²) in [6, 6.07) is 21.1. The fraction of sp³-hybridized carbons (Fsp3) is 0.222. The summed E-state index contributed by atoms with van der Waals surface area (Å²) in [6.07, 6.45) is 1.50. The summed E-state index contributed by atoms with van der Waals surface area (Å²) >= 11 is 12.2. The molecule has 0 radical (unpaired) electrons. The second-order valence-corrected chi connectivity index (χ2v) is 8.44. The Bertz CT molecular complexity index is 1090. The lowest BCUT2D eigenvalue weighted by Gasteiger charge is -2.12. The third-order valence-electron chi connectivity index (χ3n) is 5.16. The van der Waals surface area contributed by atoms with Crippen molar-refractivity contribution in [1.29, 1.82) is 0 Å². The molecule has 0 aliphatic rings. The molecule has 0 saturated heterocycles. The molecule has 172 valence electrons. The first-order chi connectivity index (χ1) is 15.9. The van der Waals surface area contributed by atoms with Crippen LogP contribution in [0.3, 0.4) is 0 Å². The number of carboxylic acids is 1. The number of rotatable bonds is 10. The standard InChI is InChI=1S/C27H26Cl2O4/c1-3-32-26(27(30)31)14-19-4-10-25(11-5-19)33-13-12-18(2)20-6-8-21(9-7-20)22-15-23(28)17-24(29)16-22/h4-12,15-17,26H,3,13-14H2,1-2H3,(H,30,31)/t26-/m0/s1. The molecule has 0 fully saturated rings. The molecule has 1 N–H and O–H groups in total. The molecule has 0 aliphatic carbocycles. The number of carbonyl (C=O) groups is 1. The first-order valence-electron chi connectivity index (χ1n) is 10.7. The molecule has 0 heterocycles. The molecule has 6 heteroatoms. The van der Waals surface area contributed by atoms with Crippen LogP contribution >= 0.6 is 23.2 Å². The van der Waals surface area contributed by atoms with Crippen LogP contribution in [-0.2, 0) is 16.0 Å². The maximum absolute atomic E-state index is 11.2. The molecule has 0 spiro atoms. The highest BCUT2D eigenvalue weighted by molar-refractivity contribution is 6.35. The van der Waals surface area contributed by atoms with Crippen molar-refractivity contribution in [2.24, 2.45) is 0 Å². The lowest BCUT2D eigenvalue weighted by Crippen LogP contribution is -2.26. The Morgan fingerprint density at radius 2 is 1.61 bits per heavy atom. The lowest BCUT2D eigenvalue weighted by atomic mass is 10.0. The number of benzene rings is 3. The van der Waals surface area contributed by atoms with E-state index in [1.165, 1.54) is 0 Å². The SMILES string of the molecule is CCO[C@@H](Cc1ccc(OCC=C(C)c2ccc(-c3cc(Cl)cc(Cl)c3)cc2)cc1)C(=O)O. The predicted molar refractivity (Wildman–Crippen MR) is 134 cm³/mol. The average molecular weight is 485 g/mol. The molecule has 0 aromatic heterocycles. The van der Waals surface area contributed by atoms with Gasteiger partial charge in [-0.2, -0.15) is 0 Å². The predicted octanol–water partition coefficient (Wildman–Crippen LogP) is 7.17. The molecular weight excluding hydrogens is 459 g/mol. The van der Waals surface area contributed by atoms with E-state index in [2.05, 4.69) is 12.1 Å². The molecule has 0 aliphatic heterocycles. The van der Waals surface area contributed by atoms with E-state index in [0.717, 1.165) is 33.6 Å². The van der Waals surface area contributed by atoms with Gasteiger partial charge in [0.1, 0.15) is 12.4 Å². The molecule has 0 saturated carbocycles. The Morgan fingerprint density at radius 1 is 0.970 bits per heavy atom. The van der Waals surface area contributed by atoms with Gasteiger partial charge in [0.25, 0.3) is 0 Å². The second kappa shape index (κ2) is 11.9. The fourth-order valence-electron chi connectivity index (χ4n) is 3.38. The first-order valence-corrected chi connectivity index (χ1v) is 11.4. The molecule has 3 aromatic carbocycles. The normalized spacial score (nSPS) is 12.4. The number of allylic oxidation sites excluding steroid dienone is 1. The zero-order valence-electron chi connectivity index (χ0n) is 18.6. The van der Waals surface area contributed by atoms with Crippen molar-refractivity contribution in [2.75, 3.05) is 13.2 Å². The zero-order chi connectivity index (χ0) is 23.8. The largest absolute Gasteiger partial charge is 0.490 e. The van der Waals surface area contributed by atoms with Crippen LogP contribution in [0.15, 0.2) is 72.8 Å². The number of aliphatic carboxylic acids is 1. The second-order valence-electron chi connectivity index (χ2n) is 7.56. The van der Waals surface area contributed by atoms with Crippen LogP contribution < -0.4 is 4.74 Å². The lowest BCUT2D eigenvalue weighted by molar-refractivity contribution is -0.149. The van der Waals surface area contributed by atoms with E-state index in [-0.39, 0.29) is 0 Å². The fourth-order valence-corrected chi connectivity index (χ4v) is 3.91. The van der Waals surface area contributed by atoms with Crippen LogP contribution in [0.4, 0.5) is 0 Å². The monoisotopic (exact) mass is 484 g/mol. The summed E-state index contributed by atoms with van der Waals surface area (Å²) in [4.78, 5) is 11.2. The number of halogens is 2. The molecular formula is C27H26Cl2O4. The van der Waals surface area contributed by atoms with Crippen molar-refractivity contribution in [3.05, 3.63) is 94.0 Å². The van der Waals surface area contributed by atoms with Crippen molar-refractivity contribution >= 4 is 34.7 Å². The highest BCUT2D eigenvalue weighted by Crippen LogP contribution is 2.28. The van der Waals surface area contributed by atoms with Crippen LogP contribution in [0.1, 0.15) is 25.0 Å². The summed E-state index contributed by atoms with van der Waals surface area (Å²) in [7, 11) is 0. The highest BCUT2D eigenvalue weighted by Gasteiger charge is 2.17. The number of hydrogen-bond acceptors (Lipinski definition) is 3. The third kappa shape index (κ3) is 7.36. The van der Waals surface area contributed by atoms with E-state index >= 15 is 0 Å². The van der Waals surface area contributed by atoms with Gasteiger partial charge in [-0.1, -0.05) is 59.6 Å². The minimum absolute atomic E-state index is 0.319. The van der Waals surface area contributed by atoms with Crippen LogP contribution in [-0.4, -0.2) is 30.4 Å². The molecule has 4 nitrogen and oxygen atoms in total. The summed E-state index contributed by atoms with van der Waals surface area (Å²) in [5.74, 6) is -0.235. The summed E-state index contributed by atoms with van der Waals surface area (Å²) in [5.41, 5.74) is 5.10. The van der Waals surface area contributed by atoms with Crippen LogP contribution in [0, 0.1) is 0 Å². The quantitative estimate of drug-likeness (QED) is 0.331. The van der Waals surface area contributed by atoms with Crippen LogP contribution in [0.2, 0.25) is 10.0 Å². The van der Waals surface area contributed by atoms with Crippen molar-refractivity contribution in [2.45, 2.75) is 26.4 Å². The van der Waals surface area contributed by atoms with E-state index in [4.69, 9.17) is 32.7 Å². The summed E-state index contributed by atoms with van der Waals surface area (Å²) in [6.45, 7) is 4.61. The molecule has 3 aromatic rings. The Labute approximate surface area is 204 Å². The van der Waals surface area contributed by atoms with Gasteiger partial charge in [-0.3, -0.25) is 0 Å². The number of hydrogen-bond donors (Lipinski definition) is 1. The van der Waals surface area contributed by atoms with E-state index in [1.54, 1.807) is 13.0 Å². The maximum atomic E-state index is 11.2. The van der Waals surface area contributed by atoms with Gasteiger partial charge in [0.2, 0.25) is 0 Å². The molecule has 1 atom stereocenters. The van der Waals surface area contributed by atoms with E-state index in [0.29, 0.717) is 29.7 Å². The average Bonchev–Trinajstić information content (AvgIpc) is 2.79. The van der Waals surface area contributed by atoms with Gasteiger partial charge in [-0.15, -0.1) is 0 Å². The Kier molecular flexibility index (Phi) is 8.95. The zero-order valence-corrected chi connectivity index (χ0v) is 20.1. The van der Waals surface area contributed by atoms with Crippen LogP contribution in [0.5, 0.6) is 5.75 Å². The van der Waals surface area contributed by atoms with E-state index in [1.807, 2.05) is 61.5 Å². The maximum Gasteiger partial charge on any atom is 0.333 e. The summed E-state index contributed by atoms with van der Waals surface area (Å²) in [5, 5.41) is 10.4. The van der Waals surface area contributed by atoms with Gasteiger partial charge in [0, 0.05) is 23.1 Å². The van der Waals surface area contributed by atoms with Crippen molar-refractivity contribution < 1.29 is 19.4 Å². The number of carboxylic acid groups (broad SMARTS) is 1. The van der Waals surface area contributed by atoms with Gasteiger partial charge in [-0.05, 0) is 78.1 Å². The molecule has 0 unspecified atom stereocenters. The Hall–Kier alpha value is -2.79. The highest BCUT2D eigenvalue weighted by atomic mass is 35.5. The van der Waals surface area contributed by atoms with Gasteiger partial charge >= 0.3 is 5.97 Å². The Balaban J connectivity index is 1.57. The van der Waals surface area contributed by atoms with Crippen molar-refractivity contribution in [3.63, 3.8) is 0 Å². The molecule has 3 rings (SSSR count).